The van der Waals surface area contributed by atoms with E-state index in [1.54, 1.807) is 31.2 Å². The molecule has 0 unspecified atom stereocenters. The Hall–Kier alpha value is -3.84. The molecule has 3 aromatic carbocycles. The zero-order chi connectivity index (χ0) is 32.3. The van der Waals surface area contributed by atoms with Gasteiger partial charge in [0, 0.05) is 29.2 Å². The van der Waals surface area contributed by atoms with E-state index in [0.717, 1.165) is 6.07 Å². The number of sulfonamides is 1. The molecule has 1 amide bonds. The summed E-state index contributed by atoms with van der Waals surface area (Å²) in [5.41, 5.74) is -0.193. The number of benzene rings is 3. The summed E-state index contributed by atoms with van der Waals surface area (Å²) < 4.78 is 63.6. The summed E-state index contributed by atoms with van der Waals surface area (Å²) in [7, 11) is -2.93. The van der Waals surface area contributed by atoms with Gasteiger partial charge in [0.05, 0.1) is 24.9 Å². The van der Waals surface area contributed by atoms with Crippen molar-refractivity contribution in [2.45, 2.75) is 30.3 Å². The van der Waals surface area contributed by atoms with E-state index in [1.807, 2.05) is 0 Å². The van der Waals surface area contributed by atoms with Crippen molar-refractivity contribution in [3.8, 4) is 11.1 Å². The Bertz CT molecular complexity index is 1910. The number of rotatable bonds is 6. The van der Waals surface area contributed by atoms with Crippen LogP contribution in [0.4, 0.5) is 20.4 Å². The number of hydrogen-bond acceptors (Lipinski definition) is 6. The minimum absolute atomic E-state index is 0.0279. The van der Waals surface area contributed by atoms with Crippen molar-refractivity contribution in [3.63, 3.8) is 0 Å². The van der Waals surface area contributed by atoms with Gasteiger partial charge < -0.3 is 4.74 Å². The van der Waals surface area contributed by atoms with Gasteiger partial charge in [-0.2, -0.15) is 4.31 Å². The summed E-state index contributed by atoms with van der Waals surface area (Å²) in [5.74, 6) is -2.80. The van der Waals surface area contributed by atoms with Crippen molar-refractivity contribution in [1.82, 2.24) is 13.9 Å². The molecular formula is C31H26Cl2F2N4O5S. The zero-order valence-electron chi connectivity index (χ0n) is 24.0. The fourth-order valence-electron chi connectivity index (χ4n) is 5.98. The highest BCUT2D eigenvalue weighted by molar-refractivity contribution is 7.89. The number of esters is 1. The first-order chi connectivity index (χ1) is 21.3. The zero-order valence-corrected chi connectivity index (χ0v) is 26.3. The second-order valence-electron chi connectivity index (χ2n) is 11.0. The number of nitrogens with zero attached hydrogens (tertiary/aromatic N) is 4. The monoisotopic (exact) mass is 674 g/mol. The van der Waals surface area contributed by atoms with Crippen LogP contribution in [0.1, 0.15) is 25.3 Å². The van der Waals surface area contributed by atoms with Crippen LogP contribution in [0.3, 0.4) is 0 Å². The molecule has 9 nitrogen and oxygen atoms in total. The first-order valence-electron chi connectivity index (χ1n) is 13.9. The average molecular weight is 676 g/mol. The van der Waals surface area contributed by atoms with E-state index in [-0.39, 0.29) is 52.6 Å². The number of imidazole rings is 1. The van der Waals surface area contributed by atoms with Gasteiger partial charge in [-0.3, -0.25) is 14.2 Å². The number of amides is 1. The number of anilines is 2. The Kier molecular flexibility index (Phi) is 7.97. The summed E-state index contributed by atoms with van der Waals surface area (Å²) in [6.07, 6.45) is 1.75. The number of halogens is 4. The van der Waals surface area contributed by atoms with Crippen LogP contribution in [0.2, 0.25) is 10.0 Å². The number of ether oxygens (including phenoxy) is 1. The predicted molar refractivity (Wildman–Crippen MR) is 164 cm³/mol. The normalized spacial score (nSPS) is 19.2. The van der Waals surface area contributed by atoms with Crippen molar-refractivity contribution in [3.05, 3.63) is 94.1 Å². The Morgan fingerprint density at radius 3 is 2.13 bits per heavy atom. The third-order valence-corrected chi connectivity index (χ3v) is 10.6. The topological polar surface area (TPSA) is 102 Å². The molecule has 234 valence electrons. The van der Waals surface area contributed by atoms with Gasteiger partial charge in [0.25, 0.3) is 15.9 Å². The lowest BCUT2D eigenvalue weighted by Gasteiger charge is -2.32. The molecule has 45 heavy (non-hydrogen) atoms. The van der Waals surface area contributed by atoms with Gasteiger partial charge >= 0.3 is 5.97 Å². The lowest BCUT2D eigenvalue weighted by Crippen LogP contribution is -2.44. The van der Waals surface area contributed by atoms with E-state index >= 15 is 0 Å². The molecule has 3 heterocycles. The van der Waals surface area contributed by atoms with E-state index < -0.39 is 45.0 Å². The number of methoxy groups -OCH3 is 1. The van der Waals surface area contributed by atoms with Crippen LogP contribution in [0, 0.1) is 17.6 Å². The van der Waals surface area contributed by atoms with Crippen molar-refractivity contribution >= 4 is 56.7 Å². The molecule has 1 atom stereocenters. The first-order valence-corrected chi connectivity index (χ1v) is 16.1. The second kappa shape index (κ2) is 11.5. The molecule has 0 N–H and O–H groups in total. The van der Waals surface area contributed by atoms with E-state index in [1.165, 1.54) is 57.4 Å². The molecule has 1 aromatic heterocycles. The highest BCUT2D eigenvalue weighted by atomic mass is 35.5. The third-order valence-electron chi connectivity index (χ3n) is 8.32. The van der Waals surface area contributed by atoms with Crippen LogP contribution in [0.25, 0.3) is 11.1 Å². The van der Waals surface area contributed by atoms with E-state index in [9.17, 15) is 26.8 Å². The molecule has 2 aliphatic rings. The SMILES string of the molecule is COC(=O)C1CCN(S(=O)(=O)c2cnc3n2[C@](C)(c2ccc(-c4cc(F)cc(F)c4)cc2)C(=O)N3c2cc(Cl)cc(Cl)c2)CC1. The summed E-state index contributed by atoms with van der Waals surface area (Å²) in [4.78, 5) is 32.2. The van der Waals surface area contributed by atoms with Crippen molar-refractivity contribution in [1.29, 1.82) is 0 Å². The van der Waals surface area contributed by atoms with Crippen LogP contribution in [0.15, 0.2) is 71.9 Å². The molecule has 14 heteroatoms. The number of aromatic nitrogens is 2. The van der Waals surface area contributed by atoms with Crippen LogP contribution in [0.5, 0.6) is 0 Å². The maximum absolute atomic E-state index is 14.4. The quantitative estimate of drug-likeness (QED) is 0.227. The minimum Gasteiger partial charge on any atom is -0.469 e. The highest BCUT2D eigenvalue weighted by Gasteiger charge is 2.53. The first kappa shape index (κ1) is 31.2. The maximum atomic E-state index is 14.4. The average Bonchev–Trinajstić information content (AvgIpc) is 3.54. The fourth-order valence-corrected chi connectivity index (χ4v) is 8.13. The molecule has 0 bridgehead atoms. The van der Waals surface area contributed by atoms with Crippen LogP contribution in [-0.2, 0) is 29.9 Å². The third kappa shape index (κ3) is 5.29. The molecule has 0 saturated carbocycles. The molecular weight excluding hydrogens is 649 g/mol. The van der Waals surface area contributed by atoms with Crippen LogP contribution >= 0.6 is 23.2 Å². The fraction of sp³-hybridized carbons (Fsp3) is 0.258. The molecule has 0 radical (unpaired) electrons. The highest BCUT2D eigenvalue weighted by Crippen LogP contribution is 2.47. The van der Waals surface area contributed by atoms with Gasteiger partial charge in [0.2, 0.25) is 5.95 Å². The molecule has 4 aromatic rings. The number of piperidine rings is 1. The largest absolute Gasteiger partial charge is 0.469 e. The van der Waals surface area contributed by atoms with Crippen LogP contribution < -0.4 is 4.90 Å². The Labute approximate surface area is 268 Å². The minimum atomic E-state index is -4.22. The Morgan fingerprint density at radius 2 is 1.56 bits per heavy atom. The summed E-state index contributed by atoms with van der Waals surface area (Å²) in [5, 5.41) is 0.284. The van der Waals surface area contributed by atoms with Gasteiger partial charge in [0.1, 0.15) is 11.6 Å². The molecule has 0 aliphatic carbocycles. The number of carbonyl (C=O) groups is 2. The number of fused-ring (bicyclic) bond motifs is 1. The van der Waals surface area contributed by atoms with Crippen molar-refractivity contribution in [2.75, 3.05) is 25.1 Å². The molecule has 2 aliphatic heterocycles. The van der Waals surface area contributed by atoms with Gasteiger partial charge in [-0.05, 0) is 66.8 Å². The number of hydrogen-bond donors (Lipinski definition) is 0. The van der Waals surface area contributed by atoms with E-state index in [4.69, 9.17) is 27.9 Å². The lowest BCUT2D eigenvalue weighted by molar-refractivity contribution is -0.146. The Morgan fingerprint density at radius 1 is 0.956 bits per heavy atom. The molecule has 1 fully saturated rings. The lowest BCUT2D eigenvalue weighted by atomic mass is 9.89. The van der Waals surface area contributed by atoms with Gasteiger partial charge in [0.15, 0.2) is 10.6 Å². The Balaban J connectivity index is 1.47. The van der Waals surface area contributed by atoms with E-state index in [2.05, 4.69) is 4.98 Å². The second-order valence-corrected chi connectivity index (χ2v) is 13.8. The molecule has 6 rings (SSSR count). The predicted octanol–water partition coefficient (Wildman–Crippen LogP) is 6.15. The summed E-state index contributed by atoms with van der Waals surface area (Å²) in [6.45, 7) is 1.71. The molecule has 0 spiro atoms. The maximum Gasteiger partial charge on any atom is 0.308 e. The van der Waals surface area contributed by atoms with Crippen LogP contribution in [-0.4, -0.2) is 54.3 Å². The van der Waals surface area contributed by atoms with Gasteiger partial charge in [-0.15, -0.1) is 0 Å². The van der Waals surface area contributed by atoms with Gasteiger partial charge in [-0.25, -0.2) is 27.1 Å². The van der Waals surface area contributed by atoms with E-state index in [0.29, 0.717) is 16.7 Å². The van der Waals surface area contributed by atoms with Gasteiger partial charge in [-0.1, -0.05) is 47.5 Å². The smallest absolute Gasteiger partial charge is 0.308 e. The van der Waals surface area contributed by atoms with Crippen molar-refractivity contribution in [2.24, 2.45) is 5.92 Å². The summed E-state index contributed by atoms with van der Waals surface area (Å²) >= 11 is 12.5. The number of carbonyl (C=O) groups excluding carboxylic acids is 2. The molecule has 1 saturated heterocycles. The standard InChI is InChI=1S/C31H26Cl2F2N4O5S/c1-31(21-5-3-18(4-6-21)20-11-24(34)16-25(35)12-20)29(41)38(26-14-22(32)13-23(33)15-26)30-36-17-27(39(30)31)45(42,43)37-9-7-19(8-10-37)28(40)44-2/h3-6,11-17,19H,7-10H2,1-2H3/t31-/m1/s1. The summed E-state index contributed by atoms with van der Waals surface area (Å²) in [6, 6.07) is 14.1. The van der Waals surface area contributed by atoms with Crippen molar-refractivity contribution < 1.29 is 31.5 Å².